The molecule has 1 heteroatoms. The van der Waals surface area contributed by atoms with E-state index in [1.807, 2.05) is 11.3 Å². The largest absolute Gasteiger partial charge is 0.135 e. The van der Waals surface area contributed by atoms with E-state index in [9.17, 15) is 0 Å². The third-order valence-electron chi connectivity index (χ3n) is 3.09. The summed E-state index contributed by atoms with van der Waals surface area (Å²) in [7, 11) is 0. The van der Waals surface area contributed by atoms with Gasteiger partial charge in [0, 0.05) is 9.58 Å². The lowest BCUT2D eigenvalue weighted by molar-refractivity contribution is 1.48. The number of thiophene rings is 1. The first-order valence-electron chi connectivity index (χ1n) is 5.80. The zero-order valence-corrected chi connectivity index (χ0v) is 10.8. The molecule has 0 radical (unpaired) electrons. The van der Waals surface area contributed by atoms with Crippen LogP contribution in [0.15, 0.2) is 48.5 Å². The number of aryl methyl sites for hydroxylation is 2. The zero-order valence-electron chi connectivity index (χ0n) is 10.0. The Bertz CT molecular complexity index is 677. The van der Waals surface area contributed by atoms with E-state index in [2.05, 4.69) is 62.4 Å². The first-order chi connectivity index (χ1) is 8.24. The van der Waals surface area contributed by atoms with Crippen molar-refractivity contribution in [2.24, 2.45) is 0 Å². The van der Waals surface area contributed by atoms with Crippen LogP contribution in [-0.4, -0.2) is 0 Å². The minimum Gasteiger partial charge on any atom is -0.135 e. The number of fused-ring (bicyclic) bond motifs is 1. The molecule has 3 rings (SSSR count). The highest BCUT2D eigenvalue weighted by Crippen LogP contribution is 2.35. The van der Waals surface area contributed by atoms with Gasteiger partial charge in [-0.15, -0.1) is 11.3 Å². The van der Waals surface area contributed by atoms with Crippen LogP contribution >= 0.6 is 11.3 Å². The van der Waals surface area contributed by atoms with Crippen molar-refractivity contribution in [1.82, 2.24) is 0 Å². The van der Waals surface area contributed by atoms with E-state index in [1.54, 1.807) is 0 Å². The normalized spacial score (nSPS) is 10.9. The summed E-state index contributed by atoms with van der Waals surface area (Å²) in [6.45, 7) is 4.32. The van der Waals surface area contributed by atoms with Crippen molar-refractivity contribution in [3.8, 4) is 10.4 Å². The van der Waals surface area contributed by atoms with Gasteiger partial charge in [0.05, 0.1) is 0 Å². The van der Waals surface area contributed by atoms with Crippen LogP contribution in [0.3, 0.4) is 0 Å². The molecule has 0 saturated heterocycles. The molecular formula is C16H14S. The second-order valence-corrected chi connectivity index (χ2v) is 5.55. The van der Waals surface area contributed by atoms with Gasteiger partial charge in [-0.3, -0.25) is 0 Å². The molecule has 84 valence electrons. The fourth-order valence-electron chi connectivity index (χ4n) is 2.12. The maximum atomic E-state index is 2.29. The summed E-state index contributed by atoms with van der Waals surface area (Å²) >= 11 is 1.88. The van der Waals surface area contributed by atoms with Crippen molar-refractivity contribution in [3.63, 3.8) is 0 Å². The standard InChI is InChI=1S/C16H14S/c1-11-7-8-13-10-16(17-15(13)9-11)14-6-4-3-5-12(14)2/h3-10H,1-2H3. The second-order valence-electron chi connectivity index (χ2n) is 4.47. The maximum absolute atomic E-state index is 2.29. The summed E-state index contributed by atoms with van der Waals surface area (Å²) in [5, 5.41) is 1.35. The van der Waals surface area contributed by atoms with E-state index < -0.39 is 0 Å². The molecule has 0 atom stereocenters. The van der Waals surface area contributed by atoms with Crippen LogP contribution in [0, 0.1) is 13.8 Å². The molecule has 0 amide bonds. The van der Waals surface area contributed by atoms with Gasteiger partial charge in [0.25, 0.3) is 0 Å². The lowest BCUT2D eigenvalue weighted by Gasteiger charge is -2.00. The van der Waals surface area contributed by atoms with E-state index >= 15 is 0 Å². The van der Waals surface area contributed by atoms with Crippen LogP contribution in [-0.2, 0) is 0 Å². The fraction of sp³-hybridized carbons (Fsp3) is 0.125. The Balaban J connectivity index is 2.22. The average Bonchev–Trinajstić information content (AvgIpc) is 2.72. The number of rotatable bonds is 1. The van der Waals surface area contributed by atoms with Gasteiger partial charge < -0.3 is 0 Å². The lowest BCUT2D eigenvalue weighted by atomic mass is 10.1. The fourth-order valence-corrected chi connectivity index (χ4v) is 3.37. The maximum Gasteiger partial charge on any atom is 0.0357 e. The van der Waals surface area contributed by atoms with E-state index in [4.69, 9.17) is 0 Å². The molecule has 0 aliphatic rings. The molecule has 0 aliphatic heterocycles. The smallest absolute Gasteiger partial charge is 0.0357 e. The van der Waals surface area contributed by atoms with Gasteiger partial charge in [-0.1, -0.05) is 36.4 Å². The summed E-state index contributed by atoms with van der Waals surface area (Å²) in [5.41, 5.74) is 4.03. The van der Waals surface area contributed by atoms with Crippen LogP contribution in [0.1, 0.15) is 11.1 Å². The molecule has 0 saturated carbocycles. The van der Waals surface area contributed by atoms with Gasteiger partial charge in [0.15, 0.2) is 0 Å². The lowest BCUT2D eigenvalue weighted by Crippen LogP contribution is -1.77. The van der Waals surface area contributed by atoms with Crippen molar-refractivity contribution >= 4 is 21.4 Å². The van der Waals surface area contributed by atoms with E-state index in [0.29, 0.717) is 0 Å². The van der Waals surface area contributed by atoms with Crippen LogP contribution in [0.4, 0.5) is 0 Å². The SMILES string of the molecule is Cc1ccc2cc(-c3ccccc3C)sc2c1. The molecule has 1 aromatic heterocycles. The third kappa shape index (κ3) is 1.87. The van der Waals surface area contributed by atoms with Crippen LogP contribution in [0.2, 0.25) is 0 Å². The Morgan fingerprint density at radius 1 is 0.882 bits per heavy atom. The second kappa shape index (κ2) is 4.01. The van der Waals surface area contributed by atoms with Crippen molar-refractivity contribution in [2.75, 3.05) is 0 Å². The topological polar surface area (TPSA) is 0 Å². The van der Waals surface area contributed by atoms with Crippen molar-refractivity contribution in [2.45, 2.75) is 13.8 Å². The minimum absolute atomic E-state index is 1.33. The molecule has 0 N–H and O–H groups in total. The molecule has 0 fully saturated rings. The van der Waals surface area contributed by atoms with E-state index in [1.165, 1.54) is 31.7 Å². The van der Waals surface area contributed by atoms with Crippen LogP contribution in [0.5, 0.6) is 0 Å². The molecule has 3 aromatic rings. The van der Waals surface area contributed by atoms with Crippen LogP contribution in [0.25, 0.3) is 20.5 Å². The first kappa shape index (κ1) is 10.5. The monoisotopic (exact) mass is 238 g/mol. The Labute approximate surface area is 106 Å². The van der Waals surface area contributed by atoms with Gasteiger partial charge in [-0.05, 0) is 48.1 Å². The average molecular weight is 238 g/mol. The highest BCUT2D eigenvalue weighted by Gasteiger charge is 2.06. The molecule has 0 aliphatic carbocycles. The van der Waals surface area contributed by atoms with Gasteiger partial charge in [-0.25, -0.2) is 0 Å². The molecule has 1 heterocycles. The molecule has 17 heavy (non-hydrogen) atoms. The predicted octanol–water partition coefficient (Wildman–Crippen LogP) is 5.19. The number of hydrogen-bond acceptors (Lipinski definition) is 1. The minimum atomic E-state index is 1.33. The van der Waals surface area contributed by atoms with Crippen molar-refractivity contribution in [3.05, 3.63) is 59.7 Å². The van der Waals surface area contributed by atoms with Gasteiger partial charge >= 0.3 is 0 Å². The summed E-state index contributed by atoms with van der Waals surface area (Å²) < 4.78 is 1.38. The predicted molar refractivity (Wildman–Crippen MR) is 76.7 cm³/mol. The zero-order chi connectivity index (χ0) is 11.8. The Morgan fingerprint density at radius 3 is 2.53 bits per heavy atom. The molecule has 0 spiro atoms. The third-order valence-corrected chi connectivity index (χ3v) is 4.22. The van der Waals surface area contributed by atoms with E-state index in [-0.39, 0.29) is 0 Å². The molecule has 0 bridgehead atoms. The Hall–Kier alpha value is -1.60. The summed E-state index contributed by atoms with van der Waals surface area (Å²) in [6.07, 6.45) is 0. The number of hydrogen-bond donors (Lipinski definition) is 0. The Morgan fingerprint density at radius 2 is 1.71 bits per heavy atom. The van der Waals surface area contributed by atoms with E-state index in [0.717, 1.165) is 0 Å². The van der Waals surface area contributed by atoms with Crippen LogP contribution < -0.4 is 0 Å². The molecule has 0 nitrogen and oxygen atoms in total. The van der Waals surface area contributed by atoms with Gasteiger partial charge in [0.2, 0.25) is 0 Å². The molecule has 2 aromatic carbocycles. The summed E-state index contributed by atoms with van der Waals surface area (Å²) in [6, 6.07) is 17.5. The van der Waals surface area contributed by atoms with Crippen molar-refractivity contribution < 1.29 is 0 Å². The highest BCUT2D eigenvalue weighted by molar-refractivity contribution is 7.22. The first-order valence-corrected chi connectivity index (χ1v) is 6.62. The Kier molecular flexibility index (Phi) is 2.49. The molecule has 0 unspecified atom stereocenters. The summed E-state index contributed by atoms with van der Waals surface area (Å²) in [5.74, 6) is 0. The van der Waals surface area contributed by atoms with Crippen molar-refractivity contribution in [1.29, 1.82) is 0 Å². The molecular weight excluding hydrogens is 224 g/mol. The quantitative estimate of drug-likeness (QED) is 0.547. The highest BCUT2D eigenvalue weighted by atomic mass is 32.1. The number of benzene rings is 2. The van der Waals surface area contributed by atoms with Gasteiger partial charge in [-0.2, -0.15) is 0 Å². The van der Waals surface area contributed by atoms with Gasteiger partial charge in [0.1, 0.15) is 0 Å². The summed E-state index contributed by atoms with van der Waals surface area (Å²) in [4.78, 5) is 1.36.